The van der Waals surface area contributed by atoms with Crippen LogP contribution in [0.15, 0.2) is 23.3 Å². The van der Waals surface area contributed by atoms with Gasteiger partial charge in [0.25, 0.3) is 0 Å². The van der Waals surface area contributed by atoms with Crippen molar-refractivity contribution in [2.45, 2.75) is 40.5 Å². The molecule has 0 radical (unpaired) electrons. The van der Waals surface area contributed by atoms with Gasteiger partial charge in [0.15, 0.2) is 11.5 Å². The van der Waals surface area contributed by atoms with Crippen molar-refractivity contribution in [2.24, 2.45) is 5.10 Å². The van der Waals surface area contributed by atoms with Gasteiger partial charge in [-0.25, -0.2) is 4.98 Å². The molecule has 1 heterocycles. The van der Waals surface area contributed by atoms with E-state index in [1.54, 1.807) is 17.6 Å². The standard InChI is InChI=1S/C18H25N3O2S/c1-5-7-10-23-16-9-8-15(11-17(16)22-6-2)12-19-21-18-20-13(3)14(4)24-18/h8-9,11-12H,5-7,10H2,1-4H3,(H,20,21)/b19-12-. The highest BCUT2D eigenvalue weighted by molar-refractivity contribution is 7.15. The number of unbranched alkanes of at least 4 members (excludes halogenated alkanes) is 1. The summed E-state index contributed by atoms with van der Waals surface area (Å²) in [6.07, 6.45) is 3.89. The molecule has 1 N–H and O–H groups in total. The Bertz CT molecular complexity index is 663. The molecule has 130 valence electrons. The predicted octanol–water partition coefficient (Wildman–Crippen LogP) is 4.78. The summed E-state index contributed by atoms with van der Waals surface area (Å²) in [5, 5.41) is 5.05. The van der Waals surface area contributed by atoms with Crippen molar-refractivity contribution < 1.29 is 9.47 Å². The lowest BCUT2D eigenvalue weighted by Crippen LogP contribution is -2.01. The van der Waals surface area contributed by atoms with Crippen LogP contribution < -0.4 is 14.9 Å². The van der Waals surface area contributed by atoms with Crippen LogP contribution in [0.4, 0.5) is 5.13 Å². The van der Waals surface area contributed by atoms with Gasteiger partial charge in [0, 0.05) is 4.88 Å². The molecule has 0 unspecified atom stereocenters. The first-order valence-electron chi connectivity index (χ1n) is 8.26. The molecule has 0 atom stereocenters. The molecule has 1 aromatic heterocycles. The smallest absolute Gasteiger partial charge is 0.203 e. The van der Waals surface area contributed by atoms with Gasteiger partial charge in [-0.2, -0.15) is 5.10 Å². The van der Waals surface area contributed by atoms with Gasteiger partial charge in [-0.3, -0.25) is 5.43 Å². The number of thiazole rings is 1. The fourth-order valence-electron chi connectivity index (χ4n) is 2.00. The first kappa shape index (κ1) is 18.3. The molecule has 0 fully saturated rings. The topological polar surface area (TPSA) is 55.7 Å². The lowest BCUT2D eigenvalue weighted by Gasteiger charge is -2.12. The van der Waals surface area contributed by atoms with E-state index in [2.05, 4.69) is 22.4 Å². The van der Waals surface area contributed by atoms with Crippen molar-refractivity contribution in [3.63, 3.8) is 0 Å². The zero-order valence-corrected chi connectivity index (χ0v) is 15.6. The highest BCUT2D eigenvalue weighted by Crippen LogP contribution is 2.28. The molecule has 0 aliphatic rings. The van der Waals surface area contributed by atoms with E-state index in [4.69, 9.17) is 9.47 Å². The molecule has 0 aliphatic carbocycles. The van der Waals surface area contributed by atoms with Crippen molar-refractivity contribution >= 4 is 22.7 Å². The molecule has 0 saturated carbocycles. The number of aromatic nitrogens is 1. The zero-order valence-electron chi connectivity index (χ0n) is 14.8. The number of hydrazone groups is 1. The van der Waals surface area contributed by atoms with E-state index in [0.717, 1.165) is 40.7 Å². The molecule has 2 rings (SSSR count). The Balaban J connectivity index is 2.03. The summed E-state index contributed by atoms with van der Waals surface area (Å²) < 4.78 is 11.5. The minimum atomic E-state index is 0.598. The average molecular weight is 347 g/mol. The number of anilines is 1. The molecule has 2 aromatic rings. The SMILES string of the molecule is CCCCOc1ccc(/C=N\Nc2nc(C)c(C)s2)cc1OCC. The number of rotatable bonds is 9. The lowest BCUT2D eigenvalue weighted by molar-refractivity contribution is 0.272. The monoisotopic (exact) mass is 347 g/mol. The van der Waals surface area contributed by atoms with Gasteiger partial charge in [-0.15, -0.1) is 11.3 Å². The first-order valence-corrected chi connectivity index (χ1v) is 9.08. The second kappa shape index (κ2) is 9.27. The molecule has 0 bridgehead atoms. The predicted molar refractivity (Wildman–Crippen MR) is 101 cm³/mol. The van der Waals surface area contributed by atoms with Gasteiger partial charge in [0.2, 0.25) is 5.13 Å². The van der Waals surface area contributed by atoms with Gasteiger partial charge < -0.3 is 9.47 Å². The van der Waals surface area contributed by atoms with Crippen LogP contribution in [0.25, 0.3) is 0 Å². The second-order valence-electron chi connectivity index (χ2n) is 5.37. The normalized spacial score (nSPS) is 11.0. The number of benzene rings is 1. The highest BCUT2D eigenvalue weighted by atomic mass is 32.1. The maximum atomic E-state index is 5.78. The van der Waals surface area contributed by atoms with E-state index >= 15 is 0 Å². The van der Waals surface area contributed by atoms with Crippen LogP contribution in [0.5, 0.6) is 11.5 Å². The molecule has 0 spiro atoms. The summed E-state index contributed by atoms with van der Waals surface area (Å²) in [7, 11) is 0. The molecular formula is C18H25N3O2S. The molecule has 1 aromatic carbocycles. The van der Waals surface area contributed by atoms with E-state index in [-0.39, 0.29) is 0 Å². The van der Waals surface area contributed by atoms with Gasteiger partial charge in [0.05, 0.1) is 25.1 Å². The minimum Gasteiger partial charge on any atom is -0.490 e. The number of nitrogens with one attached hydrogen (secondary N) is 1. The van der Waals surface area contributed by atoms with Crippen LogP contribution in [0, 0.1) is 13.8 Å². The van der Waals surface area contributed by atoms with Gasteiger partial charge in [-0.05, 0) is 51.0 Å². The van der Waals surface area contributed by atoms with Crippen molar-refractivity contribution in [1.29, 1.82) is 0 Å². The summed E-state index contributed by atoms with van der Waals surface area (Å²) in [6, 6.07) is 5.83. The Morgan fingerprint density at radius 3 is 2.71 bits per heavy atom. The molecule has 0 saturated heterocycles. The Hall–Kier alpha value is -2.08. The Labute approximate surface area is 147 Å². The first-order chi connectivity index (χ1) is 11.6. The third kappa shape index (κ3) is 5.23. The number of hydrogen-bond acceptors (Lipinski definition) is 6. The number of hydrogen-bond donors (Lipinski definition) is 1. The number of ether oxygens (including phenoxy) is 2. The van der Waals surface area contributed by atoms with E-state index < -0.39 is 0 Å². The third-order valence-corrected chi connectivity index (χ3v) is 4.40. The lowest BCUT2D eigenvalue weighted by atomic mass is 10.2. The van der Waals surface area contributed by atoms with E-state index in [1.165, 1.54) is 4.88 Å². The Kier molecular flexibility index (Phi) is 7.06. The zero-order chi connectivity index (χ0) is 17.4. The number of aryl methyl sites for hydroxylation is 2. The molecule has 0 amide bonds. The summed E-state index contributed by atoms with van der Waals surface area (Å²) in [4.78, 5) is 5.59. The highest BCUT2D eigenvalue weighted by Gasteiger charge is 2.06. The second-order valence-corrected chi connectivity index (χ2v) is 6.58. The van der Waals surface area contributed by atoms with E-state index in [1.807, 2.05) is 39.0 Å². The van der Waals surface area contributed by atoms with Crippen LogP contribution in [0.2, 0.25) is 0 Å². The van der Waals surface area contributed by atoms with Crippen LogP contribution in [-0.4, -0.2) is 24.4 Å². The largest absolute Gasteiger partial charge is 0.490 e. The molecule has 24 heavy (non-hydrogen) atoms. The third-order valence-electron chi connectivity index (χ3n) is 3.43. The minimum absolute atomic E-state index is 0.598. The Morgan fingerprint density at radius 1 is 1.21 bits per heavy atom. The van der Waals surface area contributed by atoms with E-state index in [0.29, 0.717) is 13.2 Å². The maximum Gasteiger partial charge on any atom is 0.203 e. The van der Waals surface area contributed by atoms with E-state index in [9.17, 15) is 0 Å². The van der Waals surface area contributed by atoms with Crippen LogP contribution >= 0.6 is 11.3 Å². The van der Waals surface area contributed by atoms with Crippen molar-refractivity contribution in [2.75, 3.05) is 18.6 Å². The van der Waals surface area contributed by atoms with Gasteiger partial charge >= 0.3 is 0 Å². The summed E-state index contributed by atoms with van der Waals surface area (Å²) in [5.74, 6) is 1.53. The number of nitrogens with zero attached hydrogens (tertiary/aromatic N) is 2. The fraction of sp³-hybridized carbons (Fsp3) is 0.444. The van der Waals surface area contributed by atoms with Crippen LogP contribution in [-0.2, 0) is 0 Å². The average Bonchev–Trinajstić information content (AvgIpc) is 2.88. The molecular weight excluding hydrogens is 322 g/mol. The van der Waals surface area contributed by atoms with Crippen molar-refractivity contribution in [1.82, 2.24) is 4.98 Å². The molecule has 6 heteroatoms. The maximum absolute atomic E-state index is 5.78. The van der Waals surface area contributed by atoms with Crippen LogP contribution in [0.3, 0.4) is 0 Å². The fourth-order valence-corrected chi connectivity index (χ4v) is 2.77. The van der Waals surface area contributed by atoms with Gasteiger partial charge in [0.1, 0.15) is 0 Å². The van der Waals surface area contributed by atoms with Crippen molar-refractivity contribution in [3.8, 4) is 11.5 Å². The van der Waals surface area contributed by atoms with Crippen LogP contribution in [0.1, 0.15) is 42.8 Å². The summed E-state index contributed by atoms with van der Waals surface area (Å²) >= 11 is 1.59. The molecule has 0 aliphatic heterocycles. The quantitative estimate of drug-likeness (QED) is 0.403. The Morgan fingerprint density at radius 2 is 2.04 bits per heavy atom. The molecule has 5 nitrogen and oxygen atoms in total. The summed E-state index contributed by atoms with van der Waals surface area (Å²) in [6.45, 7) is 9.45. The van der Waals surface area contributed by atoms with Gasteiger partial charge in [-0.1, -0.05) is 13.3 Å². The summed E-state index contributed by atoms with van der Waals surface area (Å²) in [5.41, 5.74) is 4.94. The van der Waals surface area contributed by atoms with Crippen molar-refractivity contribution in [3.05, 3.63) is 34.3 Å².